The molecule has 204 valence electrons. The van der Waals surface area contributed by atoms with E-state index in [1.807, 2.05) is 0 Å². The number of halogens is 6. The maximum atomic E-state index is 13.3. The number of H-pyrrole nitrogens is 1. The van der Waals surface area contributed by atoms with Crippen LogP contribution in [0.25, 0.3) is 0 Å². The fourth-order valence-electron chi connectivity index (χ4n) is 2.92. The van der Waals surface area contributed by atoms with Crippen LogP contribution in [0.4, 0.5) is 32.0 Å². The standard InChI is InChI=1S/C21H15F6N2O8P/c22-20(23,24)11-1-6-17(36-12-2-4-13(5-3-12)37-21(25,26)27)14(9-11)19(31)29-16-7-8-28-18(30)15(16)10-35-38(32,33)34/h1-9H,10H2,(H2,32,33,34)(H2,28,29,30,31). The molecule has 1 amide bonds. The molecule has 1 aromatic heterocycles. The number of hydrogen-bond donors (Lipinski definition) is 4. The summed E-state index contributed by atoms with van der Waals surface area (Å²) in [6, 6.07) is 6.68. The summed E-state index contributed by atoms with van der Waals surface area (Å²) in [6.07, 6.45) is -8.79. The van der Waals surface area contributed by atoms with Crippen molar-refractivity contribution < 1.29 is 59.5 Å². The second-order valence-corrected chi connectivity index (χ2v) is 8.49. The molecule has 3 aromatic rings. The van der Waals surface area contributed by atoms with E-state index in [2.05, 4.69) is 19.6 Å². The van der Waals surface area contributed by atoms with Crippen LogP contribution in [0.15, 0.2) is 59.5 Å². The number of phosphoric acid groups is 1. The van der Waals surface area contributed by atoms with Crippen molar-refractivity contribution in [1.82, 2.24) is 4.98 Å². The second kappa shape index (κ2) is 10.9. The number of hydrogen-bond acceptors (Lipinski definition) is 6. The minimum atomic E-state index is -5.03. The first-order chi connectivity index (χ1) is 17.5. The molecule has 0 unspecified atom stereocenters. The highest BCUT2D eigenvalue weighted by atomic mass is 31.2. The van der Waals surface area contributed by atoms with Crippen LogP contribution in [0.2, 0.25) is 0 Å². The number of nitrogens with one attached hydrogen (secondary N) is 2. The van der Waals surface area contributed by atoms with Crippen molar-refractivity contribution in [2.45, 2.75) is 19.1 Å². The number of pyridine rings is 1. The number of amides is 1. The third kappa shape index (κ3) is 8.08. The van der Waals surface area contributed by atoms with Crippen molar-refractivity contribution in [3.05, 3.63) is 81.8 Å². The monoisotopic (exact) mass is 568 g/mol. The van der Waals surface area contributed by atoms with Crippen molar-refractivity contribution in [2.24, 2.45) is 0 Å². The lowest BCUT2D eigenvalue weighted by atomic mass is 10.1. The SMILES string of the molecule is O=C(Nc1cc[nH]c(=O)c1COP(=O)(O)O)c1cc(C(F)(F)F)ccc1Oc1ccc(OC(F)(F)F)cc1. The lowest BCUT2D eigenvalue weighted by Gasteiger charge is -2.16. The predicted molar refractivity (Wildman–Crippen MR) is 116 cm³/mol. The zero-order valence-electron chi connectivity index (χ0n) is 18.5. The average molecular weight is 568 g/mol. The normalized spacial score (nSPS) is 12.2. The summed E-state index contributed by atoms with van der Waals surface area (Å²) in [4.78, 5) is 45.0. The fraction of sp³-hybridized carbons (Fsp3) is 0.143. The van der Waals surface area contributed by atoms with Crippen molar-refractivity contribution in [3.63, 3.8) is 0 Å². The topological polar surface area (TPSA) is 147 Å². The zero-order valence-corrected chi connectivity index (χ0v) is 19.4. The second-order valence-electron chi connectivity index (χ2n) is 7.25. The van der Waals surface area contributed by atoms with Gasteiger partial charge in [-0.1, -0.05) is 0 Å². The predicted octanol–water partition coefficient (Wildman–Crippen LogP) is 4.95. The van der Waals surface area contributed by atoms with Crippen molar-refractivity contribution >= 4 is 19.4 Å². The van der Waals surface area contributed by atoms with Gasteiger partial charge in [0.2, 0.25) is 0 Å². The van der Waals surface area contributed by atoms with Gasteiger partial charge in [-0.05, 0) is 48.5 Å². The number of rotatable bonds is 8. The van der Waals surface area contributed by atoms with E-state index in [0.29, 0.717) is 12.1 Å². The van der Waals surface area contributed by atoms with Crippen LogP contribution in [-0.2, 0) is 21.9 Å². The van der Waals surface area contributed by atoms with Gasteiger partial charge in [-0.2, -0.15) is 13.2 Å². The quantitative estimate of drug-likeness (QED) is 0.221. The van der Waals surface area contributed by atoms with Gasteiger partial charge in [0.1, 0.15) is 17.2 Å². The van der Waals surface area contributed by atoms with Crippen LogP contribution >= 0.6 is 7.82 Å². The Morgan fingerprint density at radius 3 is 2.18 bits per heavy atom. The molecule has 0 aliphatic heterocycles. The molecule has 4 N–H and O–H groups in total. The summed E-state index contributed by atoms with van der Waals surface area (Å²) < 4.78 is 101. The maximum Gasteiger partial charge on any atom is 0.573 e. The van der Waals surface area contributed by atoms with E-state index >= 15 is 0 Å². The van der Waals surface area contributed by atoms with Gasteiger partial charge in [0.05, 0.1) is 29.0 Å². The smallest absolute Gasteiger partial charge is 0.457 e. The zero-order chi connectivity index (χ0) is 28.3. The molecule has 17 heteroatoms. The van der Waals surface area contributed by atoms with Crippen molar-refractivity contribution in [3.8, 4) is 17.2 Å². The Morgan fingerprint density at radius 2 is 1.61 bits per heavy atom. The third-order valence-corrected chi connectivity index (χ3v) is 4.99. The van der Waals surface area contributed by atoms with Gasteiger partial charge in [-0.3, -0.25) is 14.1 Å². The Bertz CT molecular complexity index is 1420. The molecular formula is C21H15F6N2O8P. The molecule has 0 saturated carbocycles. The number of phosphoric ester groups is 1. The molecule has 0 aliphatic rings. The summed E-state index contributed by atoms with van der Waals surface area (Å²) in [6.45, 7) is -0.964. The lowest BCUT2D eigenvalue weighted by molar-refractivity contribution is -0.274. The van der Waals surface area contributed by atoms with E-state index in [9.17, 15) is 40.5 Å². The summed E-state index contributed by atoms with van der Waals surface area (Å²) in [5, 5.41) is 2.16. The molecule has 0 saturated heterocycles. The highest BCUT2D eigenvalue weighted by molar-refractivity contribution is 7.46. The first-order valence-corrected chi connectivity index (χ1v) is 11.5. The minimum Gasteiger partial charge on any atom is -0.457 e. The Kier molecular flexibility index (Phi) is 8.21. The fourth-order valence-corrected chi connectivity index (χ4v) is 3.22. The molecule has 0 fully saturated rings. The van der Waals surface area contributed by atoms with E-state index in [1.165, 1.54) is 0 Å². The van der Waals surface area contributed by atoms with Crippen LogP contribution in [0.5, 0.6) is 17.2 Å². The van der Waals surface area contributed by atoms with Crippen LogP contribution in [0.1, 0.15) is 21.5 Å². The number of anilines is 1. The Morgan fingerprint density at radius 1 is 0.974 bits per heavy atom. The van der Waals surface area contributed by atoms with Gasteiger partial charge >= 0.3 is 20.4 Å². The molecule has 0 radical (unpaired) electrons. The molecule has 0 bridgehead atoms. The first-order valence-electron chi connectivity index (χ1n) is 9.99. The number of aromatic amines is 1. The molecule has 3 rings (SSSR count). The minimum absolute atomic E-state index is 0.166. The molecule has 10 nitrogen and oxygen atoms in total. The summed E-state index contributed by atoms with van der Waals surface area (Å²) in [7, 11) is -5.03. The average Bonchev–Trinajstić information content (AvgIpc) is 2.78. The van der Waals surface area contributed by atoms with Crippen LogP contribution in [0.3, 0.4) is 0 Å². The van der Waals surface area contributed by atoms with E-state index in [1.54, 1.807) is 0 Å². The molecule has 0 spiro atoms. The van der Waals surface area contributed by atoms with Crippen LogP contribution in [0, 0.1) is 0 Å². The summed E-state index contributed by atoms with van der Waals surface area (Å²) in [5.74, 6) is -2.45. The first kappa shape index (κ1) is 28.7. The van der Waals surface area contributed by atoms with Gasteiger partial charge in [0, 0.05) is 6.20 Å². The largest absolute Gasteiger partial charge is 0.573 e. The number of carbonyl (C=O) groups is 1. The number of benzene rings is 2. The Hall–Kier alpha value is -3.85. The van der Waals surface area contributed by atoms with Gasteiger partial charge in [-0.15, -0.1) is 13.2 Å². The highest BCUT2D eigenvalue weighted by Gasteiger charge is 2.33. The molecular weight excluding hydrogens is 553 g/mol. The lowest BCUT2D eigenvalue weighted by Crippen LogP contribution is -2.21. The van der Waals surface area contributed by atoms with E-state index in [4.69, 9.17) is 14.5 Å². The number of carbonyl (C=O) groups excluding carboxylic acids is 1. The Labute approximate surface area is 208 Å². The van der Waals surface area contributed by atoms with E-state index < -0.39 is 66.6 Å². The third-order valence-electron chi connectivity index (χ3n) is 4.53. The van der Waals surface area contributed by atoms with Crippen molar-refractivity contribution in [2.75, 3.05) is 5.32 Å². The molecule has 0 atom stereocenters. The van der Waals surface area contributed by atoms with E-state index in [0.717, 1.165) is 42.6 Å². The summed E-state index contributed by atoms with van der Waals surface area (Å²) >= 11 is 0. The van der Waals surface area contributed by atoms with E-state index in [-0.39, 0.29) is 11.4 Å². The molecule has 2 aromatic carbocycles. The van der Waals surface area contributed by atoms with Gasteiger partial charge in [-0.25, -0.2) is 4.57 Å². The summed E-state index contributed by atoms with van der Waals surface area (Å²) in [5.41, 5.74) is -3.67. The highest BCUT2D eigenvalue weighted by Crippen LogP contribution is 2.38. The van der Waals surface area contributed by atoms with Crippen LogP contribution in [-0.4, -0.2) is 27.0 Å². The Balaban J connectivity index is 1.95. The van der Waals surface area contributed by atoms with Crippen molar-refractivity contribution in [1.29, 1.82) is 0 Å². The van der Waals surface area contributed by atoms with Crippen LogP contribution < -0.4 is 20.3 Å². The maximum absolute atomic E-state index is 13.3. The van der Waals surface area contributed by atoms with Gasteiger partial charge in [0.25, 0.3) is 11.5 Å². The van der Waals surface area contributed by atoms with Gasteiger partial charge in [0.15, 0.2) is 0 Å². The number of aromatic nitrogens is 1. The van der Waals surface area contributed by atoms with Gasteiger partial charge < -0.3 is 29.6 Å². The molecule has 1 heterocycles. The molecule has 0 aliphatic carbocycles. The molecule has 38 heavy (non-hydrogen) atoms. The number of alkyl halides is 6. The number of ether oxygens (including phenoxy) is 2.